The van der Waals surface area contributed by atoms with Crippen LogP contribution in [0.4, 0.5) is 5.82 Å². The van der Waals surface area contributed by atoms with Gasteiger partial charge in [-0.15, -0.1) is 11.3 Å². The first-order valence-corrected chi connectivity index (χ1v) is 9.20. The zero-order chi connectivity index (χ0) is 16.0. The smallest absolute Gasteiger partial charge is 0.305 e. The predicted molar refractivity (Wildman–Crippen MR) is 91.6 cm³/mol. The number of carboxylic acid groups (broad SMARTS) is 1. The van der Waals surface area contributed by atoms with Gasteiger partial charge in [-0.1, -0.05) is 0 Å². The summed E-state index contributed by atoms with van der Waals surface area (Å²) >= 11 is 1.82. The fourth-order valence-electron chi connectivity index (χ4n) is 3.32. The fourth-order valence-corrected chi connectivity index (χ4v) is 4.59. The highest BCUT2D eigenvalue weighted by Gasteiger charge is 2.30. The van der Waals surface area contributed by atoms with E-state index in [0.29, 0.717) is 12.5 Å². The van der Waals surface area contributed by atoms with E-state index in [-0.39, 0.29) is 6.42 Å². The van der Waals surface area contributed by atoms with Crippen molar-refractivity contribution in [3.8, 4) is 0 Å². The molecule has 1 N–H and O–H groups in total. The van der Waals surface area contributed by atoms with Crippen molar-refractivity contribution in [1.29, 1.82) is 0 Å². The van der Waals surface area contributed by atoms with E-state index in [2.05, 4.69) is 0 Å². The van der Waals surface area contributed by atoms with E-state index in [4.69, 9.17) is 15.1 Å². The molecule has 0 saturated heterocycles. The number of thiophene rings is 1. The predicted octanol–water partition coefficient (Wildman–Crippen LogP) is 3.36. The molecule has 2 heterocycles. The number of hydrogen-bond donors (Lipinski definition) is 1. The Morgan fingerprint density at radius 2 is 2.09 bits per heavy atom. The maximum Gasteiger partial charge on any atom is 0.305 e. The monoisotopic (exact) mass is 331 g/mol. The van der Waals surface area contributed by atoms with Crippen LogP contribution >= 0.6 is 11.3 Å². The fraction of sp³-hybridized carbons (Fsp3) is 0.588. The zero-order valence-electron chi connectivity index (χ0n) is 13.3. The second kappa shape index (κ2) is 5.74. The molecule has 0 radical (unpaired) electrons. The number of carboxylic acids is 1. The molecule has 6 heteroatoms. The van der Waals surface area contributed by atoms with Crippen molar-refractivity contribution < 1.29 is 9.90 Å². The highest BCUT2D eigenvalue weighted by molar-refractivity contribution is 7.19. The van der Waals surface area contributed by atoms with Crippen molar-refractivity contribution in [2.24, 2.45) is 0 Å². The van der Waals surface area contributed by atoms with Gasteiger partial charge in [0.2, 0.25) is 0 Å². The summed E-state index contributed by atoms with van der Waals surface area (Å²) in [5.41, 5.74) is 1.41. The van der Waals surface area contributed by atoms with Crippen LogP contribution < -0.4 is 4.90 Å². The van der Waals surface area contributed by atoms with Gasteiger partial charge in [-0.05, 0) is 44.1 Å². The Hall–Kier alpha value is -1.69. The number of carbonyl (C=O) groups is 1. The van der Waals surface area contributed by atoms with Crippen molar-refractivity contribution in [2.45, 2.75) is 50.9 Å². The lowest BCUT2D eigenvalue weighted by Crippen LogP contribution is -2.23. The number of anilines is 1. The van der Waals surface area contributed by atoms with Crippen LogP contribution in [-0.4, -0.2) is 34.6 Å². The first kappa shape index (κ1) is 14.9. The average Bonchev–Trinajstić information content (AvgIpc) is 3.32. The molecular weight excluding hydrogens is 310 g/mol. The lowest BCUT2D eigenvalue weighted by atomic mass is 9.97. The molecule has 2 aliphatic carbocycles. The summed E-state index contributed by atoms with van der Waals surface area (Å²) in [4.78, 5) is 25.2. The number of rotatable bonds is 5. The van der Waals surface area contributed by atoms with Crippen LogP contribution in [0.1, 0.15) is 54.3 Å². The Kier molecular flexibility index (Phi) is 3.71. The van der Waals surface area contributed by atoms with E-state index in [1.807, 2.05) is 23.3 Å². The minimum atomic E-state index is -0.767. The van der Waals surface area contributed by atoms with Gasteiger partial charge in [0, 0.05) is 24.4 Å². The topological polar surface area (TPSA) is 66.3 Å². The van der Waals surface area contributed by atoms with Gasteiger partial charge in [-0.25, -0.2) is 9.97 Å². The van der Waals surface area contributed by atoms with Gasteiger partial charge in [-0.3, -0.25) is 4.79 Å². The molecule has 0 atom stereocenters. The number of aliphatic carboxylic acids is 1. The molecule has 0 spiro atoms. The third-order valence-corrected chi connectivity index (χ3v) is 5.96. The third-order valence-electron chi connectivity index (χ3n) is 4.78. The third kappa shape index (κ3) is 2.80. The second-order valence-electron chi connectivity index (χ2n) is 6.64. The molecule has 2 aromatic heterocycles. The maximum atomic E-state index is 10.9. The highest BCUT2D eigenvalue weighted by Crippen LogP contribution is 2.43. The summed E-state index contributed by atoms with van der Waals surface area (Å²) in [7, 11) is 1.95. The summed E-state index contributed by atoms with van der Waals surface area (Å²) in [5.74, 6) is 1.63. The van der Waals surface area contributed by atoms with Crippen LogP contribution in [-0.2, 0) is 17.6 Å². The van der Waals surface area contributed by atoms with Crippen LogP contribution in [0.25, 0.3) is 10.2 Å². The van der Waals surface area contributed by atoms with Crippen molar-refractivity contribution in [2.75, 3.05) is 18.5 Å². The molecule has 4 rings (SSSR count). The minimum Gasteiger partial charge on any atom is -0.481 e. The molecule has 2 aromatic rings. The normalized spacial score (nSPS) is 17.3. The first-order valence-electron chi connectivity index (χ1n) is 8.38. The van der Waals surface area contributed by atoms with Gasteiger partial charge in [0.25, 0.3) is 0 Å². The molecular formula is C17H21N3O2S. The van der Waals surface area contributed by atoms with Gasteiger partial charge in [0.15, 0.2) is 0 Å². The van der Waals surface area contributed by atoms with Crippen LogP contribution in [0.5, 0.6) is 0 Å². The van der Waals surface area contributed by atoms with Crippen molar-refractivity contribution in [1.82, 2.24) is 9.97 Å². The molecule has 5 nitrogen and oxygen atoms in total. The summed E-state index contributed by atoms with van der Waals surface area (Å²) in [6, 6.07) is 0. The number of aryl methyl sites for hydroxylation is 2. The van der Waals surface area contributed by atoms with Crippen molar-refractivity contribution in [3.05, 3.63) is 16.3 Å². The summed E-state index contributed by atoms with van der Waals surface area (Å²) in [6.45, 7) is 0.482. The molecule has 0 aromatic carbocycles. The zero-order valence-corrected chi connectivity index (χ0v) is 14.2. The largest absolute Gasteiger partial charge is 0.481 e. The summed E-state index contributed by atoms with van der Waals surface area (Å²) < 4.78 is 0. The summed E-state index contributed by atoms with van der Waals surface area (Å²) in [6.07, 6.45) is 7.21. The van der Waals surface area contributed by atoms with Crippen molar-refractivity contribution in [3.63, 3.8) is 0 Å². The first-order chi connectivity index (χ1) is 11.1. The SMILES string of the molecule is CN(CCC(=O)O)c1nc(C2CC2)nc2sc3c(c12)CCCC3. The van der Waals surface area contributed by atoms with E-state index in [9.17, 15) is 4.79 Å². The van der Waals surface area contributed by atoms with Gasteiger partial charge in [0.1, 0.15) is 16.5 Å². The number of nitrogens with zero attached hydrogens (tertiary/aromatic N) is 3. The standard InChI is InChI=1S/C17H21N3O2S/c1-20(9-8-13(21)22)16-14-11-4-2-3-5-12(11)23-17(14)19-15(18-16)10-6-7-10/h10H,2-9H2,1H3,(H,21,22). The van der Waals surface area contributed by atoms with Gasteiger partial charge in [-0.2, -0.15) is 0 Å². The van der Waals surface area contributed by atoms with Crippen LogP contribution in [0, 0.1) is 0 Å². The molecule has 0 unspecified atom stereocenters. The molecule has 0 aliphatic heterocycles. The van der Waals surface area contributed by atoms with E-state index in [1.54, 1.807) is 0 Å². The molecule has 1 saturated carbocycles. The number of hydrogen-bond acceptors (Lipinski definition) is 5. The number of fused-ring (bicyclic) bond motifs is 3. The van der Waals surface area contributed by atoms with E-state index < -0.39 is 5.97 Å². The highest BCUT2D eigenvalue weighted by atomic mass is 32.1. The van der Waals surface area contributed by atoms with Crippen molar-refractivity contribution >= 4 is 33.3 Å². The number of aromatic nitrogens is 2. The lowest BCUT2D eigenvalue weighted by molar-refractivity contribution is -0.136. The molecule has 1 fully saturated rings. The molecule has 0 bridgehead atoms. The van der Waals surface area contributed by atoms with Crippen LogP contribution in [0.15, 0.2) is 0 Å². The van der Waals surface area contributed by atoms with Gasteiger partial charge >= 0.3 is 5.97 Å². The Bertz CT molecular complexity index is 767. The second-order valence-corrected chi connectivity index (χ2v) is 7.72. The van der Waals surface area contributed by atoms with Gasteiger partial charge in [0.05, 0.1) is 11.8 Å². The minimum absolute atomic E-state index is 0.132. The van der Waals surface area contributed by atoms with Crippen LogP contribution in [0.2, 0.25) is 0 Å². The van der Waals surface area contributed by atoms with E-state index >= 15 is 0 Å². The average molecular weight is 331 g/mol. The Labute approximate surface area is 139 Å². The molecule has 23 heavy (non-hydrogen) atoms. The van der Waals surface area contributed by atoms with E-state index in [1.165, 1.54) is 41.5 Å². The lowest BCUT2D eigenvalue weighted by Gasteiger charge is -2.20. The molecule has 0 amide bonds. The quantitative estimate of drug-likeness (QED) is 0.910. The van der Waals surface area contributed by atoms with Gasteiger partial charge < -0.3 is 10.0 Å². The Balaban J connectivity index is 1.81. The molecule has 2 aliphatic rings. The Morgan fingerprint density at radius 1 is 1.30 bits per heavy atom. The van der Waals surface area contributed by atoms with Crippen LogP contribution in [0.3, 0.4) is 0 Å². The Morgan fingerprint density at radius 3 is 2.83 bits per heavy atom. The molecule has 122 valence electrons. The van der Waals surface area contributed by atoms with E-state index in [0.717, 1.165) is 29.3 Å². The summed E-state index contributed by atoms with van der Waals surface area (Å²) in [5, 5.41) is 10.2. The maximum absolute atomic E-state index is 10.9.